The summed E-state index contributed by atoms with van der Waals surface area (Å²) in [4.78, 5) is 30.9. The Kier molecular flexibility index (Phi) is 4.65. The van der Waals surface area contributed by atoms with Crippen molar-refractivity contribution in [3.05, 3.63) is 28.3 Å². The summed E-state index contributed by atoms with van der Waals surface area (Å²) in [5.41, 5.74) is 0.132. The molecule has 0 bridgehead atoms. The van der Waals surface area contributed by atoms with E-state index in [0.29, 0.717) is 28.2 Å². The van der Waals surface area contributed by atoms with Crippen molar-refractivity contribution in [2.24, 2.45) is 0 Å². The molecule has 0 atom stereocenters. The highest BCUT2D eigenvalue weighted by atomic mass is 16.5. The van der Waals surface area contributed by atoms with Crippen LogP contribution in [0.15, 0.2) is 16.9 Å². The topological polar surface area (TPSA) is 93.3 Å². The van der Waals surface area contributed by atoms with Crippen LogP contribution in [0.1, 0.15) is 19.7 Å². The van der Waals surface area contributed by atoms with Crippen LogP contribution in [0.4, 0.5) is 0 Å². The molecule has 7 heteroatoms. The number of nitrogens with one attached hydrogen (secondary N) is 2. The lowest BCUT2D eigenvalue weighted by Gasteiger charge is -2.10. The number of aromatic nitrogens is 2. The number of ether oxygens (including phenoxy) is 2. The molecule has 0 saturated heterocycles. The van der Waals surface area contributed by atoms with Crippen molar-refractivity contribution in [3.8, 4) is 11.5 Å². The molecular formula is C15H19N3O4. The molecule has 2 rings (SSSR count). The number of amides is 1. The van der Waals surface area contributed by atoms with Crippen molar-refractivity contribution in [3.63, 3.8) is 0 Å². The lowest BCUT2D eigenvalue weighted by atomic mass is 10.2. The van der Waals surface area contributed by atoms with Crippen LogP contribution in [0.25, 0.3) is 10.9 Å². The van der Waals surface area contributed by atoms with Gasteiger partial charge in [-0.3, -0.25) is 9.59 Å². The number of benzene rings is 1. The summed E-state index contributed by atoms with van der Waals surface area (Å²) < 4.78 is 10.4. The maximum atomic E-state index is 12.1. The Hall–Kier alpha value is -2.57. The molecule has 1 aromatic carbocycles. The molecule has 22 heavy (non-hydrogen) atoms. The summed E-state index contributed by atoms with van der Waals surface area (Å²) in [5, 5.41) is 3.13. The van der Waals surface area contributed by atoms with Crippen molar-refractivity contribution < 1.29 is 14.3 Å². The van der Waals surface area contributed by atoms with Gasteiger partial charge in [0.2, 0.25) is 5.91 Å². The van der Waals surface area contributed by atoms with Crippen molar-refractivity contribution in [1.29, 1.82) is 0 Å². The van der Waals surface area contributed by atoms with Crippen LogP contribution in [0.5, 0.6) is 11.5 Å². The summed E-state index contributed by atoms with van der Waals surface area (Å²) in [6, 6.07) is 3.22. The van der Waals surface area contributed by atoms with E-state index in [1.54, 1.807) is 12.1 Å². The third kappa shape index (κ3) is 3.36. The van der Waals surface area contributed by atoms with E-state index in [4.69, 9.17) is 9.47 Å². The average molecular weight is 305 g/mol. The van der Waals surface area contributed by atoms with E-state index in [9.17, 15) is 9.59 Å². The maximum absolute atomic E-state index is 12.1. The normalized spacial score (nSPS) is 10.8. The minimum atomic E-state index is -0.321. The molecule has 118 valence electrons. The Bertz CT molecular complexity index is 752. The molecule has 0 aliphatic carbocycles. The van der Waals surface area contributed by atoms with Gasteiger partial charge in [-0.1, -0.05) is 0 Å². The van der Waals surface area contributed by atoms with Crippen LogP contribution in [-0.4, -0.2) is 36.1 Å². The Morgan fingerprint density at radius 3 is 2.50 bits per heavy atom. The molecule has 0 aliphatic rings. The van der Waals surface area contributed by atoms with Gasteiger partial charge >= 0.3 is 0 Å². The zero-order chi connectivity index (χ0) is 16.3. The number of hydrogen-bond donors (Lipinski definition) is 2. The van der Waals surface area contributed by atoms with E-state index in [1.807, 2.05) is 13.8 Å². The largest absolute Gasteiger partial charge is 0.493 e. The highest BCUT2D eigenvalue weighted by Crippen LogP contribution is 2.29. The first kappa shape index (κ1) is 15.8. The maximum Gasteiger partial charge on any atom is 0.258 e. The zero-order valence-electron chi connectivity index (χ0n) is 13.0. The second-order valence-electron chi connectivity index (χ2n) is 5.14. The van der Waals surface area contributed by atoms with Gasteiger partial charge in [-0.2, -0.15) is 0 Å². The average Bonchev–Trinajstić information content (AvgIpc) is 2.45. The van der Waals surface area contributed by atoms with E-state index in [0.717, 1.165) is 0 Å². The predicted octanol–water partition coefficient (Wildman–Crippen LogP) is 1.01. The Morgan fingerprint density at radius 1 is 1.27 bits per heavy atom. The zero-order valence-corrected chi connectivity index (χ0v) is 13.0. The quantitative estimate of drug-likeness (QED) is 0.860. The van der Waals surface area contributed by atoms with Crippen LogP contribution >= 0.6 is 0 Å². The second-order valence-corrected chi connectivity index (χ2v) is 5.14. The summed E-state index contributed by atoms with van der Waals surface area (Å²) in [5.74, 6) is 1.04. The molecule has 0 aliphatic heterocycles. The fourth-order valence-corrected chi connectivity index (χ4v) is 2.12. The molecule has 7 nitrogen and oxygen atoms in total. The first-order valence-electron chi connectivity index (χ1n) is 6.89. The number of carbonyl (C=O) groups excluding carboxylic acids is 1. The van der Waals surface area contributed by atoms with Gasteiger partial charge in [0.1, 0.15) is 5.82 Å². The van der Waals surface area contributed by atoms with Crippen molar-refractivity contribution in [1.82, 2.24) is 15.3 Å². The number of fused-ring (bicyclic) bond motifs is 1. The standard InChI is InChI=1S/C15H19N3O4/c1-8(2)16-14(19)7-13-17-10-6-12(22-4)11(21-3)5-9(10)15(20)18-13/h5-6,8H,7H2,1-4H3,(H,16,19)(H,17,18,20). The van der Waals surface area contributed by atoms with Crippen LogP contribution < -0.4 is 20.3 Å². The molecule has 1 heterocycles. The predicted molar refractivity (Wildman–Crippen MR) is 82.5 cm³/mol. The Morgan fingerprint density at radius 2 is 1.91 bits per heavy atom. The smallest absolute Gasteiger partial charge is 0.258 e. The summed E-state index contributed by atoms with van der Waals surface area (Å²) in [6.45, 7) is 3.73. The summed E-state index contributed by atoms with van der Waals surface area (Å²) in [6.07, 6.45) is 0.0116. The van der Waals surface area contributed by atoms with E-state index >= 15 is 0 Å². The fraction of sp³-hybridized carbons (Fsp3) is 0.400. The lowest BCUT2D eigenvalue weighted by Crippen LogP contribution is -2.32. The van der Waals surface area contributed by atoms with E-state index in [-0.39, 0.29) is 23.9 Å². The number of hydrogen-bond acceptors (Lipinski definition) is 5. The van der Waals surface area contributed by atoms with Crippen LogP contribution in [0, 0.1) is 0 Å². The van der Waals surface area contributed by atoms with E-state index in [1.165, 1.54) is 14.2 Å². The van der Waals surface area contributed by atoms with Gasteiger partial charge < -0.3 is 19.8 Å². The molecule has 1 aromatic heterocycles. The SMILES string of the molecule is COc1cc2nc(CC(=O)NC(C)C)[nH]c(=O)c2cc1OC. The molecule has 2 aromatic rings. The fourth-order valence-electron chi connectivity index (χ4n) is 2.12. The second kappa shape index (κ2) is 6.46. The van der Waals surface area contributed by atoms with Gasteiger partial charge in [0.15, 0.2) is 11.5 Å². The lowest BCUT2D eigenvalue weighted by molar-refractivity contribution is -0.121. The molecule has 0 radical (unpaired) electrons. The minimum Gasteiger partial charge on any atom is -0.493 e. The van der Waals surface area contributed by atoms with E-state index < -0.39 is 0 Å². The number of nitrogens with zero attached hydrogens (tertiary/aromatic N) is 1. The molecule has 0 spiro atoms. The van der Waals surface area contributed by atoms with Gasteiger partial charge in [-0.15, -0.1) is 0 Å². The van der Waals surface area contributed by atoms with Gasteiger partial charge in [0.25, 0.3) is 5.56 Å². The molecule has 0 fully saturated rings. The van der Waals surface area contributed by atoms with Crippen LogP contribution in [-0.2, 0) is 11.2 Å². The highest BCUT2D eigenvalue weighted by Gasteiger charge is 2.13. The first-order valence-corrected chi connectivity index (χ1v) is 6.89. The van der Waals surface area contributed by atoms with Gasteiger partial charge in [-0.05, 0) is 19.9 Å². The van der Waals surface area contributed by atoms with E-state index in [2.05, 4.69) is 15.3 Å². The van der Waals surface area contributed by atoms with Crippen molar-refractivity contribution >= 4 is 16.8 Å². The number of rotatable bonds is 5. The van der Waals surface area contributed by atoms with Crippen LogP contribution in [0.2, 0.25) is 0 Å². The molecule has 1 amide bonds. The molecule has 0 saturated carbocycles. The monoisotopic (exact) mass is 305 g/mol. The molecular weight excluding hydrogens is 286 g/mol. The minimum absolute atomic E-state index is 0.0116. The highest BCUT2D eigenvalue weighted by molar-refractivity contribution is 5.83. The molecule has 0 unspecified atom stereocenters. The van der Waals surface area contributed by atoms with Crippen molar-refractivity contribution in [2.75, 3.05) is 14.2 Å². The number of H-pyrrole nitrogens is 1. The molecule has 2 N–H and O–H groups in total. The third-order valence-electron chi connectivity index (χ3n) is 3.04. The van der Waals surface area contributed by atoms with Gasteiger partial charge in [0, 0.05) is 12.1 Å². The number of aromatic amines is 1. The number of methoxy groups -OCH3 is 2. The van der Waals surface area contributed by atoms with Gasteiger partial charge in [0.05, 0.1) is 31.5 Å². The van der Waals surface area contributed by atoms with Gasteiger partial charge in [-0.25, -0.2) is 4.98 Å². The summed E-state index contributed by atoms with van der Waals surface area (Å²) in [7, 11) is 3.00. The summed E-state index contributed by atoms with van der Waals surface area (Å²) >= 11 is 0. The van der Waals surface area contributed by atoms with Crippen LogP contribution in [0.3, 0.4) is 0 Å². The Balaban J connectivity index is 2.44. The first-order chi connectivity index (χ1) is 10.4. The third-order valence-corrected chi connectivity index (χ3v) is 3.04. The Labute approximate surface area is 127 Å². The number of carbonyl (C=O) groups is 1. The van der Waals surface area contributed by atoms with Crippen molar-refractivity contribution in [2.45, 2.75) is 26.3 Å².